The maximum absolute atomic E-state index is 13.4. The summed E-state index contributed by atoms with van der Waals surface area (Å²) in [6.45, 7) is 5.39. The fourth-order valence-electron chi connectivity index (χ4n) is 4.12. The summed E-state index contributed by atoms with van der Waals surface area (Å²) < 4.78 is 19.5. The smallest absolute Gasteiger partial charge is 0.255 e. The molecule has 1 heterocycles. The van der Waals surface area contributed by atoms with Crippen LogP contribution >= 0.6 is 0 Å². The molecule has 4 aromatic rings. The first-order chi connectivity index (χ1) is 16.5. The zero-order valence-corrected chi connectivity index (χ0v) is 19.5. The highest BCUT2D eigenvalue weighted by atomic mass is 19.1. The van der Waals surface area contributed by atoms with Crippen LogP contribution in [0.4, 0.5) is 4.39 Å². The summed E-state index contributed by atoms with van der Waals surface area (Å²) >= 11 is 0. The third-order valence-electron chi connectivity index (χ3n) is 5.85. The van der Waals surface area contributed by atoms with Gasteiger partial charge in [0.1, 0.15) is 17.2 Å². The molecule has 174 valence electrons. The number of carbonyl (C=O) groups excluding carboxylic acids is 2. The second-order valence-corrected chi connectivity index (χ2v) is 8.07. The lowest BCUT2D eigenvalue weighted by Crippen LogP contribution is -2.31. The molecule has 0 atom stereocenters. The summed E-state index contributed by atoms with van der Waals surface area (Å²) in [7, 11) is 1.56. The van der Waals surface area contributed by atoms with E-state index in [9.17, 15) is 14.0 Å². The Morgan fingerprint density at radius 2 is 1.65 bits per heavy atom. The summed E-state index contributed by atoms with van der Waals surface area (Å²) in [6.07, 6.45) is 0.898. The number of nitrogens with one attached hydrogen (secondary N) is 1. The third-order valence-corrected chi connectivity index (χ3v) is 5.85. The molecule has 0 radical (unpaired) electrons. The van der Waals surface area contributed by atoms with Gasteiger partial charge in [0.05, 0.1) is 5.56 Å². The lowest BCUT2D eigenvalue weighted by molar-refractivity contribution is 0.0764. The molecule has 0 aliphatic carbocycles. The van der Waals surface area contributed by atoms with Crippen LogP contribution in [0, 0.1) is 5.82 Å². The standard InChI is InChI=1S/C28H27FN2O3/c1-4-15-31(5-2)28(33)21-8-6-7-19(16-21)20-11-14-24-23(17-20)25(27(32)30-3)26(34-24)18-9-12-22(29)13-10-18/h6-14,16-17H,4-5,15H2,1-3H3,(H,30,32). The normalized spacial score (nSPS) is 10.9. The number of hydrogen-bond donors (Lipinski definition) is 1. The molecule has 34 heavy (non-hydrogen) atoms. The second kappa shape index (κ2) is 9.91. The van der Waals surface area contributed by atoms with Crippen LogP contribution in [-0.2, 0) is 0 Å². The number of furan rings is 1. The third kappa shape index (κ3) is 4.44. The summed E-state index contributed by atoms with van der Waals surface area (Å²) in [4.78, 5) is 27.6. The Balaban J connectivity index is 1.80. The van der Waals surface area contributed by atoms with Crippen molar-refractivity contribution in [2.45, 2.75) is 20.3 Å². The molecule has 0 aliphatic rings. The average Bonchev–Trinajstić information content (AvgIpc) is 3.25. The van der Waals surface area contributed by atoms with Gasteiger partial charge < -0.3 is 14.6 Å². The van der Waals surface area contributed by atoms with Crippen LogP contribution in [0.5, 0.6) is 0 Å². The number of rotatable bonds is 7. The van der Waals surface area contributed by atoms with Gasteiger partial charge in [0.25, 0.3) is 11.8 Å². The lowest BCUT2D eigenvalue weighted by atomic mass is 9.98. The van der Waals surface area contributed by atoms with E-state index >= 15 is 0 Å². The molecule has 2 amide bonds. The number of nitrogens with zero attached hydrogens (tertiary/aromatic N) is 1. The van der Waals surface area contributed by atoms with Gasteiger partial charge in [-0.05, 0) is 73.0 Å². The van der Waals surface area contributed by atoms with E-state index in [-0.39, 0.29) is 17.6 Å². The van der Waals surface area contributed by atoms with Crippen molar-refractivity contribution >= 4 is 22.8 Å². The van der Waals surface area contributed by atoms with E-state index in [1.54, 1.807) is 19.2 Å². The largest absolute Gasteiger partial charge is 0.455 e. The molecule has 3 aromatic carbocycles. The number of hydrogen-bond acceptors (Lipinski definition) is 3. The van der Waals surface area contributed by atoms with Crippen molar-refractivity contribution in [3.05, 3.63) is 83.7 Å². The van der Waals surface area contributed by atoms with Crippen LogP contribution < -0.4 is 5.32 Å². The number of amides is 2. The van der Waals surface area contributed by atoms with Gasteiger partial charge in [-0.25, -0.2) is 4.39 Å². The minimum Gasteiger partial charge on any atom is -0.455 e. The van der Waals surface area contributed by atoms with Gasteiger partial charge in [0, 0.05) is 36.7 Å². The van der Waals surface area contributed by atoms with Crippen LogP contribution in [0.2, 0.25) is 0 Å². The van der Waals surface area contributed by atoms with E-state index in [1.807, 2.05) is 54.3 Å². The Morgan fingerprint density at radius 3 is 2.32 bits per heavy atom. The molecule has 0 fully saturated rings. The van der Waals surface area contributed by atoms with Gasteiger partial charge in [0.15, 0.2) is 0 Å². The predicted molar refractivity (Wildman–Crippen MR) is 132 cm³/mol. The Morgan fingerprint density at radius 1 is 0.941 bits per heavy atom. The molecule has 0 saturated carbocycles. The SMILES string of the molecule is CCCN(CC)C(=O)c1cccc(-c2ccc3oc(-c4ccc(F)cc4)c(C(=O)NC)c3c2)c1. The van der Waals surface area contributed by atoms with Crippen molar-refractivity contribution in [2.24, 2.45) is 0 Å². The van der Waals surface area contributed by atoms with E-state index < -0.39 is 0 Å². The first-order valence-corrected chi connectivity index (χ1v) is 11.4. The Kier molecular flexibility index (Phi) is 6.77. The molecule has 1 N–H and O–H groups in total. The van der Waals surface area contributed by atoms with E-state index in [2.05, 4.69) is 12.2 Å². The van der Waals surface area contributed by atoms with Gasteiger partial charge >= 0.3 is 0 Å². The minimum atomic E-state index is -0.362. The average molecular weight is 459 g/mol. The maximum Gasteiger partial charge on any atom is 0.255 e. The summed E-state index contributed by atoms with van der Waals surface area (Å²) in [6, 6.07) is 19.0. The fourth-order valence-corrected chi connectivity index (χ4v) is 4.12. The maximum atomic E-state index is 13.4. The molecule has 0 bridgehead atoms. The number of benzene rings is 3. The van der Waals surface area contributed by atoms with Gasteiger partial charge in [-0.2, -0.15) is 0 Å². The van der Waals surface area contributed by atoms with Gasteiger partial charge in [-0.15, -0.1) is 0 Å². The molecule has 6 heteroatoms. The van der Waals surface area contributed by atoms with Crippen LogP contribution in [-0.4, -0.2) is 36.9 Å². The zero-order chi connectivity index (χ0) is 24.2. The molecule has 0 unspecified atom stereocenters. The van der Waals surface area contributed by atoms with Crippen LogP contribution in [0.15, 0.2) is 71.1 Å². The van der Waals surface area contributed by atoms with Gasteiger partial charge in [-0.3, -0.25) is 9.59 Å². The molecule has 0 spiro atoms. The Labute approximate surface area is 198 Å². The first-order valence-electron chi connectivity index (χ1n) is 11.4. The van der Waals surface area contributed by atoms with Crippen molar-refractivity contribution < 1.29 is 18.4 Å². The molecular formula is C28H27FN2O3. The highest BCUT2D eigenvalue weighted by molar-refractivity contribution is 6.11. The summed E-state index contributed by atoms with van der Waals surface area (Å²) in [5.74, 6) is -0.273. The molecule has 4 rings (SSSR count). The molecule has 0 saturated heterocycles. The topological polar surface area (TPSA) is 62.6 Å². The second-order valence-electron chi connectivity index (χ2n) is 8.07. The number of carbonyl (C=O) groups is 2. The van der Waals surface area contributed by atoms with Crippen molar-refractivity contribution in [1.82, 2.24) is 10.2 Å². The predicted octanol–water partition coefficient (Wildman–Crippen LogP) is 6.14. The van der Waals surface area contributed by atoms with E-state index in [1.165, 1.54) is 12.1 Å². The first kappa shape index (κ1) is 23.2. The van der Waals surface area contributed by atoms with Gasteiger partial charge in [0.2, 0.25) is 0 Å². The van der Waals surface area contributed by atoms with Crippen LogP contribution in [0.3, 0.4) is 0 Å². The Bertz CT molecular complexity index is 1340. The minimum absolute atomic E-state index is 0.000218. The van der Waals surface area contributed by atoms with Gasteiger partial charge in [-0.1, -0.05) is 25.1 Å². The van der Waals surface area contributed by atoms with Crippen molar-refractivity contribution in [2.75, 3.05) is 20.1 Å². The fraction of sp³-hybridized carbons (Fsp3) is 0.214. The van der Waals surface area contributed by atoms with Crippen molar-refractivity contribution in [3.8, 4) is 22.5 Å². The molecule has 5 nitrogen and oxygen atoms in total. The van der Waals surface area contributed by atoms with Crippen LogP contribution in [0.1, 0.15) is 41.0 Å². The monoisotopic (exact) mass is 458 g/mol. The summed E-state index contributed by atoms with van der Waals surface area (Å²) in [5.41, 5.74) is 3.90. The quantitative estimate of drug-likeness (QED) is 0.362. The zero-order valence-electron chi connectivity index (χ0n) is 19.5. The molecule has 1 aromatic heterocycles. The summed E-state index contributed by atoms with van der Waals surface area (Å²) in [5, 5.41) is 3.32. The van der Waals surface area contributed by atoms with E-state index in [4.69, 9.17) is 4.42 Å². The number of fused-ring (bicyclic) bond motifs is 1. The Hall–Kier alpha value is -3.93. The van der Waals surface area contributed by atoms with Crippen molar-refractivity contribution in [3.63, 3.8) is 0 Å². The molecular weight excluding hydrogens is 431 g/mol. The number of halogens is 1. The van der Waals surface area contributed by atoms with E-state index in [0.717, 1.165) is 17.5 Å². The molecule has 0 aliphatic heterocycles. The van der Waals surface area contributed by atoms with Crippen molar-refractivity contribution in [1.29, 1.82) is 0 Å². The van der Waals surface area contributed by atoms with E-state index in [0.29, 0.717) is 46.5 Å². The van der Waals surface area contributed by atoms with Crippen LogP contribution in [0.25, 0.3) is 33.4 Å². The lowest BCUT2D eigenvalue weighted by Gasteiger charge is -2.20. The highest BCUT2D eigenvalue weighted by Crippen LogP contribution is 2.36. The highest BCUT2D eigenvalue weighted by Gasteiger charge is 2.22.